The molecule has 28 heavy (non-hydrogen) atoms. The Kier molecular flexibility index (Phi) is 5.21. The topological polar surface area (TPSA) is 149 Å². The van der Waals surface area contributed by atoms with Crippen molar-refractivity contribution in [2.24, 2.45) is 16.1 Å². The van der Waals surface area contributed by atoms with Crippen molar-refractivity contribution < 1.29 is 19.9 Å². The maximum atomic E-state index is 11.3. The first-order valence-electron chi connectivity index (χ1n) is 8.32. The zero-order valence-corrected chi connectivity index (χ0v) is 14.8. The summed E-state index contributed by atoms with van der Waals surface area (Å²) in [6.45, 7) is 1.92. The Morgan fingerprint density at radius 1 is 1.29 bits per heavy atom. The fourth-order valence-corrected chi connectivity index (χ4v) is 2.77. The number of benzene rings is 2. The molecule has 1 aliphatic heterocycles. The second-order valence-corrected chi connectivity index (χ2v) is 6.21. The number of amides is 1. The Hall–Kier alpha value is -3.95. The maximum Gasteiger partial charge on any atom is 0.323 e. The molecule has 0 radical (unpaired) electrons. The van der Waals surface area contributed by atoms with Gasteiger partial charge in [0.05, 0.1) is 28.1 Å². The Morgan fingerprint density at radius 3 is 2.64 bits per heavy atom. The molecule has 0 saturated carbocycles. The summed E-state index contributed by atoms with van der Waals surface area (Å²) < 4.78 is 0. The Bertz CT molecular complexity index is 985. The van der Waals surface area contributed by atoms with Crippen LogP contribution in [0.4, 0.5) is 11.4 Å². The van der Waals surface area contributed by atoms with Crippen LogP contribution in [0.5, 0.6) is 11.5 Å². The van der Waals surface area contributed by atoms with E-state index in [0.717, 1.165) is 17.3 Å². The standard InChI is InChI=1S/C18H17N5O5/c1-10-8-15(25)21-22-16(10)11-2-5-13(6-3-11)20-19-9-12-4-7-14(24)18(26)17(12)23(27)28/h2-7,9-10,20,24,26H,8H2,1H3,(H,21,25)/b19-9-. The number of aromatic hydroxyl groups is 2. The van der Waals surface area contributed by atoms with E-state index in [2.05, 4.69) is 21.1 Å². The van der Waals surface area contributed by atoms with E-state index in [1.807, 2.05) is 19.1 Å². The number of nitro groups is 1. The van der Waals surface area contributed by atoms with Gasteiger partial charge in [-0.3, -0.25) is 20.3 Å². The molecule has 0 bridgehead atoms. The molecule has 1 aliphatic rings. The van der Waals surface area contributed by atoms with Crippen LogP contribution in [0.3, 0.4) is 0 Å². The molecule has 4 N–H and O–H groups in total. The third-order valence-electron chi connectivity index (χ3n) is 4.18. The minimum Gasteiger partial charge on any atom is -0.504 e. The summed E-state index contributed by atoms with van der Waals surface area (Å²) in [5, 5.41) is 38.1. The van der Waals surface area contributed by atoms with Gasteiger partial charge in [-0.2, -0.15) is 10.2 Å². The van der Waals surface area contributed by atoms with Crippen molar-refractivity contribution in [2.45, 2.75) is 13.3 Å². The number of carbonyl (C=O) groups is 1. The second kappa shape index (κ2) is 7.74. The molecule has 0 aromatic heterocycles. The number of hydrogen-bond donors (Lipinski definition) is 4. The molecule has 1 amide bonds. The van der Waals surface area contributed by atoms with Crippen LogP contribution in [0.1, 0.15) is 24.5 Å². The average molecular weight is 383 g/mol. The van der Waals surface area contributed by atoms with Gasteiger partial charge in [-0.15, -0.1) is 0 Å². The van der Waals surface area contributed by atoms with E-state index in [4.69, 9.17) is 0 Å². The molecule has 1 atom stereocenters. The monoisotopic (exact) mass is 383 g/mol. The molecule has 2 aromatic carbocycles. The number of nitrogens with zero attached hydrogens (tertiary/aromatic N) is 3. The molecule has 1 heterocycles. The van der Waals surface area contributed by atoms with Crippen LogP contribution >= 0.6 is 0 Å². The van der Waals surface area contributed by atoms with E-state index in [-0.39, 0.29) is 17.4 Å². The van der Waals surface area contributed by atoms with Crippen LogP contribution in [0.25, 0.3) is 0 Å². The largest absolute Gasteiger partial charge is 0.504 e. The van der Waals surface area contributed by atoms with E-state index in [0.29, 0.717) is 12.1 Å². The highest BCUT2D eigenvalue weighted by Gasteiger charge is 2.22. The van der Waals surface area contributed by atoms with Gasteiger partial charge in [0.1, 0.15) is 0 Å². The number of nitro benzene ring substituents is 1. The predicted octanol–water partition coefficient (Wildman–Crippen LogP) is 2.31. The van der Waals surface area contributed by atoms with Crippen LogP contribution in [0.15, 0.2) is 46.6 Å². The molecule has 3 rings (SSSR count). The Morgan fingerprint density at radius 2 is 2.00 bits per heavy atom. The van der Waals surface area contributed by atoms with Gasteiger partial charge in [0.2, 0.25) is 11.7 Å². The van der Waals surface area contributed by atoms with E-state index < -0.39 is 22.1 Å². The van der Waals surface area contributed by atoms with E-state index >= 15 is 0 Å². The van der Waals surface area contributed by atoms with Crippen LogP contribution in [-0.2, 0) is 4.79 Å². The van der Waals surface area contributed by atoms with Gasteiger partial charge in [0, 0.05) is 12.3 Å². The van der Waals surface area contributed by atoms with Crippen LogP contribution in [0.2, 0.25) is 0 Å². The van der Waals surface area contributed by atoms with Gasteiger partial charge < -0.3 is 10.2 Å². The molecular formula is C18H17N5O5. The Balaban J connectivity index is 1.73. The summed E-state index contributed by atoms with van der Waals surface area (Å²) in [5.41, 5.74) is 6.87. The molecule has 10 nitrogen and oxygen atoms in total. The van der Waals surface area contributed by atoms with Crippen molar-refractivity contribution >= 4 is 29.2 Å². The minimum absolute atomic E-state index is 0.00769. The molecule has 10 heteroatoms. The highest BCUT2D eigenvalue weighted by Crippen LogP contribution is 2.36. The lowest BCUT2D eigenvalue weighted by atomic mass is 9.94. The van der Waals surface area contributed by atoms with Crippen molar-refractivity contribution in [3.63, 3.8) is 0 Å². The lowest BCUT2D eigenvalue weighted by Gasteiger charge is -2.19. The van der Waals surface area contributed by atoms with Crippen molar-refractivity contribution in [2.75, 3.05) is 5.43 Å². The number of hydrogen-bond acceptors (Lipinski definition) is 8. The zero-order chi connectivity index (χ0) is 20.3. The van der Waals surface area contributed by atoms with Gasteiger partial charge in [-0.1, -0.05) is 19.1 Å². The molecule has 0 saturated heterocycles. The maximum absolute atomic E-state index is 11.3. The van der Waals surface area contributed by atoms with Crippen molar-refractivity contribution in [3.05, 3.63) is 57.6 Å². The molecular weight excluding hydrogens is 366 g/mol. The van der Waals surface area contributed by atoms with Crippen molar-refractivity contribution in [1.29, 1.82) is 0 Å². The molecule has 2 aromatic rings. The second-order valence-electron chi connectivity index (χ2n) is 6.21. The lowest BCUT2D eigenvalue weighted by molar-refractivity contribution is -0.386. The van der Waals surface area contributed by atoms with Gasteiger partial charge in [0.15, 0.2) is 5.75 Å². The number of anilines is 1. The van der Waals surface area contributed by atoms with Crippen LogP contribution in [0, 0.1) is 16.0 Å². The fraction of sp³-hybridized carbons (Fsp3) is 0.167. The number of nitrogens with one attached hydrogen (secondary N) is 2. The summed E-state index contributed by atoms with van der Waals surface area (Å²) in [5.74, 6) is -1.50. The summed E-state index contributed by atoms with van der Waals surface area (Å²) in [6.07, 6.45) is 1.55. The summed E-state index contributed by atoms with van der Waals surface area (Å²) in [4.78, 5) is 21.6. The third kappa shape index (κ3) is 3.90. The van der Waals surface area contributed by atoms with E-state index in [9.17, 15) is 25.1 Å². The Labute approximate surface area is 159 Å². The summed E-state index contributed by atoms with van der Waals surface area (Å²) in [7, 11) is 0. The number of phenols is 2. The molecule has 144 valence electrons. The minimum atomic E-state index is -0.812. The average Bonchev–Trinajstić information content (AvgIpc) is 2.65. The molecule has 0 fully saturated rings. The lowest BCUT2D eigenvalue weighted by Crippen LogP contribution is -2.31. The first kappa shape index (κ1) is 18.8. The zero-order valence-electron chi connectivity index (χ0n) is 14.8. The number of carbonyl (C=O) groups excluding carboxylic acids is 1. The highest BCUT2D eigenvalue weighted by molar-refractivity contribution is 6.05. The predicted molar refractivity (Wildman–Crippen MR) is 103 cm³/mol. The number of phenolic OH excluding ortho intramolecular Hbond substituents is 2. The van der Waals surface area contributed by atoms with Gasteiger partial charge in [-0.25, -0.2) is 5.43 Å². The van der Waals surface area contributed by atoms with Gasteiger partial charge >= 0.3 is 5.69 Å². The molecule has 0 spiro atoms. The van der Waals surface area contributed by atoms with Crippen molar-refractivity contribution in [3.8, 4) is 11.5 Å². The first-order valence-corrected chi connectivity index (χ1v) is 8.32. The first-order chi connectivity index (χ1) is 13.4. The van der Waals surface area contributed by atoms with E-state index in [1.54, 1.807) is 12.1 Å². The molecule has 1 unspecified atom stereocenters. The summed E-state index contributed by atoms with van der Waals surface area (Å²) >= 11 is 0. The van der Waals surface area contributed by atoms with E-state index in [1.165, 1.54) is 12.3 Å². The van der Waals surface area contributed by atoms with Crippen molar-refractivity contribution in [1.82, 2.24) is 5.43 Å². The third-order valence-corrected chi connectivity index (χ3v) is 4.18. The van der Waals surface area contributed by atoms with Crippen LogP contribution in [-0.4, -0.2) is 33.0 Å². The number of hydrazone groups is 2. The van der Waals surface area contributed by atoms with Gasteiger partial charge in [-0.05, 0) is 29.8 Å². The smallest absolute Gasteiger partial charge is 0.323 e. The highest BCUT2D eigenvalue weighted by atomic mass is 16.6. The van der Waals surface area contributed by atoms with Gasteiger partial charge in [0.25, 0.3) is 0 Å². The summed E-state index contributed by atoms with van der Waals surface area (Å²) in [6, 6.07) is 9.56. The fourth-order valence-electron chi connectivity index (χ4n) is 2.77. The normalized spacial score (nSPS) is 16.5. The number of rotatable bonds is 5. The SMILES string of the molecule is CC1CC(=O)NN=C1c1ccc(N/N=C\c2ccc(O)c(O)c2[N+](=O)[O-])cc1. The van der Waals surface area contributed by atoms with Crippen LogP contribution < -0.4 is 10.9 Å². The quantitative estimate of drug-likeness (QED) is 0.269. The molecule has 0 aliphatic carbocycles.